The van der Waals surface area contributed by atoms with Gasteiger partial charge in [-0.2, -0.15) is 13.2 Å². The fourth-order valence-electron chi connectivity index (χ4n) is 2.37. The lowest BCUT2D eigenvalue weighted by Gasteiger charge is -2.11. The standard InChI is InChI=1S/C19H25F3N4OS.HI/c1-3-16-10-24-17(28-16)11-26-18(23-4-2)25-9-14-6-5-7-15(8-14)12-27-13-19(20,21)22;/h5-8,10H,3-4,9,11-13H2,1-2H3,(H2,23,25,26);1H. The Morgan fingerprint density at radius 1 is 1.21 bits per heavy atom. The summed E-state index contributed by atoms with van der Waals surface area (Å²) in [6.07, 6.45) is -1.46. The molecule has 0 fully saturated rings. The smallest absolute Gasteiger partial charge is 0.367 e. The number of rotatable bonds is 9. The van der Waals surface area contributed by atoms with Crippen LogP contribution in [0.1, 0.15) is 34.9 Å². The summed E-state index contributed by atoms with van der Waals surface area (Å²) in [4.78, 5) is 10.2. The van der Waals surface area contributed by atoms with Crippen molar-refractivity contribution in [1.29, 1.82) is 0 Å². The minimum Gasteiger partial charge on any atom is -0.367 e. The number of ether oxygens (including phenoxy) is 1. The van der Waals surface area contributed by atoms with Crippen LogP contribution in [-0.4, -0.2) is 30.3 Å². The number of halogens is 4. The zero-order chi connectivity index (χ0) is 20.4. The second kappa shape index (κ2) is 13.0. The topological polar surface area (TPSA) is 58.5 Å². The first kappa shape index (κ1) is 25.6. The first-order valence-electron chi connectivity index (χ1n) is 9.07. The number of thiazole rings is 1. The highest BCUT2D eigenvalue weighted by Gasteiger charge is 2.27. The van der Waals surface area contributed by atoms with Gasteiger partial charge in [-0.05, 0) is 24.5 Å². The molecule has 10 heteroatoms. The van der Waals surface area contributed by atoms with Crippen LogP contribution in [0, 0.1) is 0 Å². The predicted molar refractivity (Wildman–Crippen MR) is 121 cm³/mol. The molecule has 0 atom stereocenters. The van der Waals surface area contributed by atoms with Gasteiger partial charge in [-0.3, -0.25) is 0 Å². The molecule has 0 saturated carbocycles. The van der Waals surface area contributed by atoms with Crippen molar-refractivity contribution in [2.45, 2.75) is 46.1 Å². The van der Waals surface area contributed by atoms with Gasteiger partial charge in [-0.25, -0.2) is 9.98 Å². The molecule has 0 aliphatic carbocycles. The molecule has 5 nitrogen and oxygen atoms in total. The molecule has 2 N–H and O–H groups in total. The summed E-state index contributed by atoms with van der Waals surface area (Å²) in [7, 11) is 0. The first-order chi connectivity index (χ1) is 13.4. The molecule has 0 aliphatic heterocycles. The van der Waals surface area contributed by atoms with Crippen molar-refractivity contribution in [3.8, 4) is 0 Å². The SMILES string of the molecule is CCNC(=NCc1cccc(COCC(F)(F)F)c1)NCc1ncc(CC)s1.I. The van der Waals surface area contributed by atoms with Gasteiger partial charge in [0, 0.05) is 17.6 Å². The van der Waals surface area contributed by atoms with Gasteiger partial charge in [0.2, 0.25) is 0 Å². The van der Waals surface area contributed by atoms with E-state index in [1.54, 1.807) is 29.5 Å². The van der Waals surface area contributed by atoms with Crippen LogP contribution >= 0.6 is 35.3 Å². The zero-order valence-corrected chi connectivity index (χ0v) is 19.5. The minimum atomic E-state index is -4.32. The lowest BCUT2D eigenvalue weighted by atomic mass is 10.1. The highest BCUT2D eigenvalue weighted by molar-refractivity contribution is 14.0. The van der Waals surface area contributed by atoms with Crippen LogP contribution in [0.4, 0.5) is 13.2 Å². The molecule has 0 unspecified atom stereocenters. The maximum atomic E-state index is 12.2. The number of aryl methyl sites for hydroxylation is 1. The zero-order valence-electron chi connectivity index (χ0n) is 16.4. The summed E-state index contributed by atoms with van der Waals surface area (Å²) in [5.41, 5.74) is 1.58. The molecule has 0 aliphatic rings. The number of hydrogen-bond donors (Lipinski definition) is 2. The number of nitrogens with one attached hydrogen (secondary N) is 2. The summed E-state index contributed by atoms with van der Waals surface area (Å²) >= 11 is 1.67. The van der Waals surface area contributed by atoms with Crippen molar-refractivity contribution in [2.75, 3.05) is 13.2 Å². The van der Waals surface area contributed by atoms with Gasteiger partial charge in [-0.1, -0.05) is 31.2 Å². The Kier molecular flexibility index (Phi) is 11.5. The summed E-state index contributed by atoms with van der Waals surface area (Å²) < 4.78 is 41.2. The number of alkyl halides is 3. The summed E-state index contributed by atoms with van der Waals surface area (Å²) in [6, 6.07) is 7.21. The molecule has 2 aromatic rings. The Morgan fingerprint density at radius 3 is 2.62 bits per heavy atom. The number of guanidine groups is 1. The van der Waals surface area contributed by atoms with E-state index in [0.29, 0.717) is 24.6 Å². The van der Waals surface area contributed by atoms with Crippen LogP contribution < -0.4 is 10.6 Å². The molecule has 0 radical (unpaired) electrons. The molecule has 0 spiro atoms. The van der Waals surface area contributed by atoms with Crippen LogP contribution in [-0.2, 0) is 30.9 Å². The van der Waals surface area contributed by atoms with E-state index in [-0.39, 0.29) is 30.6 Å². The van der Waals surface area contributed by atoms with E-state index < -0.39 is 12.8 Å². The third kappa shape index (κ3) is 10.3. The van der Waals surface area contributed by atoms with Crippen molar-refractivity contribution in [2.24, 2.45) is 4.99 Å². The molecule has 0 saturated heterocycles. The fraction of sp³-hybridized carbons (Fsp3) is 0.474. The van der Waals surface area contributed by atoms with Crippen LogP contribution in [0.15, 0.2) is 35.5 Å². The largest absolute Gasteiger partial charge is 0.411 e. The third-order valence-electron chi connectivity index (χ3n) is 3.65. The van der Waals surface area contributed by atoms with E-state index in [2.05, 4.69) is 27.5 Å². The molecule has 1 aromatic heterocycles. The molecule has 1 aromatic carbocycles. The summed E-state index contributed by atoms with van der Waals surface area (Å²) in [5, 5.41) is 7.41. The maximum Gasteiger partial charge on any atom is 0.411 e. The lowest BCUT2D eigenvalue weighted by Crippen LogP contribution is -2.36. The fourth-order valence-corrected chi connectivity index (χ4v) is 3.17. The Bertz CT molecular complexity index is 768. The van der Waals surface area contributed by atoms with E-state index in [1.807, 2.05) is 19.2 Å². The molecule has 162 valence electrons. The number of aromatic nitrogens is 1. The Balaban J connectivity index is 0.00000420. The highest BCUT2D eigenvalue weighted by atomic mass is 127. The van der Waals surface area contributed by atoms with Gasteiger partial charge in [-0.15, -0.1) is 35.3 Å². The van der Waals surface area contributed by atoms with Crippen LogP contribution in [0.25, 0.3) is 0 Å². The summed E-state index contributed by atoms with van der Waals surface area (Å²) in [5.74, 6) is 0.662. The van der Waals surface area contributed by atoms with Crippen molar-refractivity contribution < 1.29 is 17.9 Å². The minimum absolute atomic E-state index is 0. The quantitative estimate of drug-likeness (QED) is 0.275. The normalized spacial score (nSPS) is 11.8. The maximum absolute atomic E-state index is 12.2. The number of nitrogens with zero attached hydrogens (tertiary/aromatic N) is 2. The first-order valence-corrected chi connectivity index (χ1v) is 9.89. The average Bonchev–Trinajstić information content (AvgIpc) is 3.11. The van der Waals surface area contributed by atoms with Gasteiger partial charge in [0.25, 0.3) is 0 Å². The Labute approximate surface area is 190 Å². The molecule has 0 amide bonds. The van der Waals surface area contributed by atoms with Crippen molar-refractivity contribution in [1.82, 2.24) is 15.6 Å². The number of benzene rings is 1. The molecular weight excluding hydrogens is 516 g/mol. The number of aliphatic imine (C=N–C) groups is 1. The van der Waals surface area contributed by atoms with E-state index in [0.717, 1.165) is 23.5 Å². The third-order valence-corrected chi connectivity index (χ3v) is 4.79. The average molecular weight is 542 g/mol. The predicted octanol–water partition coefficient (Wildman–Crippen LogP) is 4.66. The van der Waals surface area contributed by atoms with E-state index >= 15 is 0 Å². The van der Waals surface area contributed by atoms with Crippen LogP contribution in [0.5, 0.6) is 0 Å². The lowest BCUT2D eigenvalue weighted by molar-refractivity contribution is -0.176. The van der Waals surface area contributed by atoms with E-state index in [9.17, 15) is 13.2 Å². The van der Waals surface area contributed by atoms with E-state index in [4.69, 9.17) is 4.74 Å². The second-order valence-corrected chi connectivity index (χ2v) is 7.25. The van der Waals surface area contributed by atoms with Gasteiger partial charge < -0.3 is 15.4 Å². The van der Waals surface area contributed by atoms with Crippen molar-refractivity contribution in [3.63, 3.8) is 0 Å². The molecule has 2 rings (SSSR count). The van der Waals surface area contributed by atoms with Crippen molar-refractivity contribution in [3.05, 3.63) is 51.5 Å². The van der Waals surface area contributed by atoms with E-state index in [1.165, 1.54) is 4.88 Å². The summed E-state index contributed by atoms with van der Waals surface area (Å²) in [6.45, 7) is 4.45. The Morgan fingerprint density at radius 2 is 1.97 bits per heavy atom. The van der Waals surface area contributed by atoms with Gasteiger partial charge in [0.1, 0.15) is 11.6 Å². The Hall–Kier alpha value is -1.40. The van der Waals surface area contributed by atoms with Gasteiger partial charge in [0.15, 0.2) is 5.96 Å². The van der Waals surface area contributed by atoms with Crippen molar-refractivity contribution >= 4 is 41.3 Å². The molecule has 1 heterocycles. The molecular formula is C19H26F3IN4OS. The second-order valence-electron chi connectivity index (χ2n) is 6.05. The monoisotopic (exact) mass is 542 g/mol. The van der Waals surface area contributed by atoms with Gasteiger partial charge in [0.05, 0.1) is 19.7 Å². The highest BCUT2D eigenvalue weighted by Crippen LogP contribution is 2.16. The molecule has 0 bridgehead atoms. The van der Waals surface area contributed by atoms with Crippen LogP contribution in [0.2, 0.25) is 0 Å². The van der Waals surface area contributed by atoms with Gasteiger partial charge >= 0.3 is 6.18 Å². The molecule has 29 heavy (non-hydrogen) atoms. The number of hydrogen-bond acceptors (Lipinski definition) is 4. The van der Waals surface area contributed by atoms with Crippen LogP contribution in [0.3, 0.4) is 0 Å².